The van der Waals surface area contributed by atoms with Gasteiger partial charge in [-0.1, -0.05) is 30.3 Å². The van der Waals surface area contributed by atoms with E-state index in [-0.39, 0.29) is 11.8 Å². The average molecular weight is 305 g/mol. The van der Waals surface area contributed by atoms with Crippen LogP contribution in [0.5, 0.6) is 0 Å². The minimum absolute atomic E-state index is 0.00738. The first-order chi connectivity index (χ1) is 10.5. The lowest BCUT2D eigenvalue weighted by Crippen LogP contribution is -2.38. The molecular formula is C17H27N3O2. The molecule has 0 saturated heterocycles. The topological polar surface area (TPSA) is 52.7 Å². The molecule has 5 heteroatoms. The summed E-state index contributed by atoms with van der Waals surface area (Å²) >= 11 is 0. The van der Waals surface area contributed by atoms with Crippen LogP contribution in [0.3, 0.4) is 0 Å². The van der Waals surface area contributed by atoms with Gasteiger partial charge in [0.2, 0.25) is 11.8 Å². The first-order valence-electron chi connectivity index (χ1n) is 7.70. The molecule has 0 aliphatic carbocycles. The second-order valence-corrected chi connectivity index (χ2v) is 5.64. The number of likely N-dealkylation sites (N-methyl/N-ethyl adjacent to an activating group) is 1. The molecule has 0 aromatic heterocycles. The first kappa shape index (κ1) is 18.2. The summed E-state index contributed by atoms with van der Waals surface area (Å²) in [5, 5.41) is 2.90. The van der Waals surface area contributed by atoms with Gasteiger partial charge < -0.3 is 15.1 Å². The predicted octanol–water partition coefficient (Wildman–Crippen LogP) is 1.15. The van der Waals surface area contributed by atoms with Gasteiger partial charge >= 0.3 is 0 Å². The third kappa shape index (κ3) is 7.78. The molecule has 0 heterocycles. The Labute approximate surface area is 133 Å². The van der Waals surface area contributed by atoms with Crippen molar-refractivity contribution in [2.24, 2.45) is 0 Å². The van der Waals surface area contributed by atoms with Crippen LogP contribution in [-0.2, 0) is 16.0 Å². The maximum atomic E-state index is 11.8. The van der Waals surface area contributed by atoms with Gasteiger partial charge in [0.05, 0.1) is 0 Å². The quantitative estimate of drug-likeness (QED) is 0.744. The average Bonchev–Trinajstić information content (AvgIpc) is 2.47. The van der Waals surface area contributed by atoms with Gasteiger partial charge in [0.25, 0.3) is 0 Å². The zero-order valence-corrected chi connectivity index (χ0v) is 13.8. The van der Waals surface area contributed by atoms with E-state index in [0.29, 0.717) is 26.1 Å². The van der Waals surface area contributed by atoms with Gasteiger partial charge in [0.15, 0.2) is 0 Å². The summed E-state index contributed by atoms with van der Waals surface area (Å²) in [5.74, 6) is 0.00553. The van der Waals surface area contributed by atoms with E-state index in [1.54, 1.807) is 11.8 Å². The normalized spacial score (nSPS) is 10.5. The lowest BCUT2D eigenvalue weighted by Gasteiger charge is -2.22. The van der Waals surface area contributed by atoms with Crippen LogP contribution in [0.25, 0.3) is 0 Å². The lowest BCUT2D eigenvalue weighted by atomic mass is 10.1. The molecule has 0 aliphatic heterocycles. The molecule has 0 atom stereocenters. The van der Waals surface area contributed by atoms with E-state index in [1.807, 2.05) is 49.3 Å². The van der Waals surface area contributed by atoms with Crippen molar-refractivity contribution in [3.63, 3.8) is 0 Å². The lowest BCUT2D eigenvalue weighted by molar-refractivity contribution is -0.129. The molecule has 1 N–H and O–H groups in total. The Hall–Kier alpha value is -1.88. The zero-order valence-electron chi connectivity index (χ0n) is 13.8. The minimum atomic E-state index is -0.00738. The molecular weight excluding hydrogens is 278 g/mol. The van der Waals surface area contributed by atoms with E-state index in [1.165, 1.54) is 5.56 Å². The molecule has 0 saturated carbocycles. The number of carbonyl (C=O) groups excluding carboxylic acids is 2. The highest BCUT2D eigenvalue weighted by atomic mass is 16.2. The molecule has 1 aromatic carbocycles. The molecule has 22 heavy (non-hydrogen) atoms. The van der Waals surface area contributed by atoms with E-state index in [4.69, 9.17) is 0 Å². The van der Waals surface area contributed by atoms with Crippen LogP contribution < -0.4 is 5.32 Å². The molecule has 122 valence electrons. The van der Waals surface area contributed by atoms with E-state index >= 15 is 0 Å². The number of amides is 2. The maximum Gasteiger partial charge on any atom is 0.221 e. The molecule has 0 fully saturated rings. The summed E-state index contributed by atoms with van der Waals surface area (Å²) in [6.45, 7) is 4.10. The third-order valence-corrected chi connectivity index (χ3v) is 3.45. The van der Waals surface area contributed by atoms with Gasteiger partial charge in [-0.2, -0.15) is 0 Å². The molecule has 0 unspecified atom stereocenters. The Kier molecular flexibility index (Phi) is 8.22. The van der Waals surface area contributed by atoms with Crippen molar-refractivity contribution in [2.75, 3.05) is 40.3 Å². The molecule has 1 rings (SSSR count). The Morgan fingerprint density at radius 3 is 2.32 bits per heavy atom. The van der Waals surface area contributed by atoms with Gasteiger partial charge in [0.1, 0.15) is 0 Å². The molecule has 0 aliphatic rings. The molecule has 5 nitrogen and oxygen atoms in total. The fraction of sp³-hybridized carbons (Fsp3) is 0.529. The molecule has 0 spiro atoms. The van der Waals surface area contributed by atoms with E-state index in [0.717, 1.165) is 13.0 Å². The first-order valence-corrected chi connectivity index (χ1v) is 7.70. The second-order valence-electron chi connectivity index (χ2n) is 5.64. The van der Waals surface area contributed by atoms with E-state index in [2.05, 4.69) is 5.32 Å². The molecule has 2 amide bonds. The Bertz CT molecular complexity index is 460. The standard InChI is InChI=1S/C17H27N3O2/c1-15(21)20(14-13-19(2)3)12-10-17(22)18-11-9-16-7-5-4-6-8-16/h4-8H,9-14H2,1-3H3,(H,18,22). The SMILES string of the molecule is CC(=O)N(CCC(=O)NCCc1ccccc1)CCN(C)C. The number of rotatable bonds is 9. The second kappa shape index (κ2) is 9.95. The van der Waals surface area contributed by atoms with Crippen molar-refractivity contribution in [3.05, 3.63) is 35.9 Å². The Morgan fingerprint density at radius 2 is 1.73 bits per heavy atom. The minimum Gasteiger partial charge on any atom is -0.356 e. The number of nitrogens with one attached hydrogen (secondary N) is 1. The van der Waals surface area contributed by atoms with Crippen molar-refractivity contribution in [1.29, 1.82) is 0 Å². The van der Waals surface area contributed by atoms with Gasteiger partial charge in [-0.05, 0) is 26.1 Å². The third-order valence-electron chi connectivity index (χ3n) is 3.45. The van der Waals surface area contributed by atoms with Crippen molar-refractivity contribution in [2.45, 2.75) is 19.8 Å². The van der Waals surface area contributed by atoms with Gasteiger partial charge in [-0.15, -0.1) is 0 Å². The van der Waals surface area contributed by atoms with Crippen molar-refractivity contribution < 1.29 is 9.59 Å². The Morgan fingerprint density at radius 1 is 1.05 bits per heavy atom. The van der Waals surface area contributed by atoms with Crippen LogP contribution in [0, 0.1) is 0 Å². The number of hydrogen-bond donors (Lipinski definition) is 1. The van der Waals surface area contributed by atoms with Crippen LogP contribution in [0.4, 0.5) is 0 Å². The Balaban J connectivity index is 2.24. The van der Waals surface area contributed by atoms with E-state index < -0.39 is 0 Å². The number of hydrogen-bond acceptors (Lipinski definition) is 3. The summed E-state index contributed by atoms with van der Waals surface area (Å²) in [4.78, 5) is 27.1. The van der Waals surface area contributed by atoms with Gasteiger partial charge in [0, 0.05) is 39.5 Å². The van der Waals surface area contributed by atoms with Crippen molar-refractivity contribution >= 4 is 11.8 Å². The molecule has 0 bridgehead atoms. The van der Waals surface area contributed by atoms with E-state index in [9.17, 15) is 9.59 Å². The summed E-state index contributed by atoms with van der Waals surface area (Å²) in [6.07, 6.45) is 1.17. The largest absolute Gasteiger partial charge is 0.356 e. The number of nitrogens with zero attached hydrogens (tertiary/aromatic N) is 2. The molecule has 0 radical (unpaired) electrons. The summed E-state index contributed by atoms with van der Waals surface area (Å²) < 4.78 is 0. The highest BCUT2D eigenvalue weighted by Gasteiger charge is 2.11. The van der Waals surface area contributed by atoms with Crippen LogP contribution in [0.15, 0.2) is 30.3 Å². The fourth-order valence-electron chi connectivity index (χ4n) is 2.06. The van der Waals surface area contributed by atoms with Crippen LogP contribution in [-0.4, -0.2) is 61.9 Å². The highest BCUT2D eigenvalue weighted by Crippen LogP contribution is 1.99. The summed E-state index contributed by atoms with van der Waals surface area (Å²) in [7, 11) is 3.93. The molecule has 1 aromatic rings. The van der Waals surface area contributed by atoms with Crippen molar-refractivity contribution in [1.82, 2.24) is 15.1 Å². The number of carbonyl (C=O) groups is 2. The van der Waals surface area contributed by atoms with Gasteiger partial charge in [-0.25, -0.2) is 0 Å². The van der Waals surface area contributed by atoms with Crippen LogP contribution >= 0.6 is 0 Å². The zero-order chi connectivity index (χ0) is 16.4. The van der Waals surface area contributed by atoms with Crippen LogP contribution in [0.2, 0.25) is 0 Å². The monoisotopic (exact) mass is 305 g/mol. The maximum absolute atomic E-state index is 11.8. The summed E-state index contributed by atoms with van der Waals surface area (Å²) in [6, 6.07) is 10.1. The van der Waals surface area contributed by atoms with Crippen LogP contribution in [0.1, 0.15) is 18.9 Å². The fourth-order valence-corrected chi connectivity index (χ4v) is 2.06. The smallest absolute Gasteiger partial charge is 0.221 e. The van der Waals surface area contributed by atoms with Crippen molar-refractivity contribution in [3.8, 4) is 0 Å². The number of benzene rings is 1. The van der Waals surface area contributed by atoms with Gasteiger partial charge in [-0.3, -0.25) is 9.59 Å². The predicted molar refractivity (Wildman–Crippen MR) is 88.6 cm³/mol. The summed E-state index contributed by atoms with van der Waals surface area (Å²) in [5.41, 5.74) is 1.21. The highest BCUT2D eigenvalue weighted by molar-refractivity contribution is 5.78.